The number of nitro groups is 2. The van der Waals surface area contributed by atoms with Crippen LogP contribution in [-0.2, 0) is 11.9 Å². The molecule has 140 valence electrons. The van der Waals surface area contributed by atoms with E-state index in [2.05, 4.69) is 15.9 Å². The van der Waals surface area contributed by atoms with E-state index in [-0.39, 0.29) is 16.7 Å². The standard InChI is InChI=1S/C9H11FN2O2.C7H5BrFNO2/c1-11(2)6-7-5-8(12(13)14)3-4-9(7)10;8-4-5-3-6(10(11)12)1-2-7(5)9/h3-5H,6H2,1-2H3;1-3H,4H2. The number of non-ortho nitro benzene ring substituents is 2. The van der Waals surface area contributed by atoms with Crippen LogP contribution < -0.4 is 0 Å². The second-order valence-electron chi connectivity index (χ2n) is 5.44. The predicted octanol–water partition coefficient (Wildman–Crippen LogP) is 4.42. The second kappa shape index (κ2) is 9.88. The molecule has 0 atom stereocenters. The van der Waals surface area contributed by atoms with Gasteiger partial charge in [0, 0.05) is 47.3 Å². The van der Waals surface area contributed by atoms with Crippen LogP contribution in [0.15, 0.2) is 36.4 Å². The molecule has 0 aliphatic rings. The Kier molecular flexibility index (Phi) is 8.20. The highest BCUT2D eigenvalue weighted by Crippen LogP contribution is 2.19. The lowest BCUT2D eigenvalue weighted by atomic mass is 10.2. The zero-order valence-electron chi connectivity index (χ0n) is 14.0. The first-order valence-corrected chi connectivity index (χ1v) is 8.34. The van der Waals surface area contributed by atoms with Gasteiger partial charge in [0.05, 0.1) is 9.85 Å². The summed E-state index contributed by atoms with van der Waals surface area (Å²) < 4.78 is 25.9. The van der Waals surface area contributed by atoms with E-state index >= 15 is 0 Å². The number of alkyl halides is 1. The minimum absolute atomic E-state index is 0.0803. The van der Waals surface area contributed by atoms with Crippen LogP contribution in [-0.4, -0.2) is 28.8 Å². The first-order valence-electron chi connectivity index (χ1n) is 7.22. The molecule has 0 spiro atoms. The van der Waals surface area contributed by atoms with Gasteiger partial charge >= 0.3 is 0 Å². The van der Waals surface area contributed by atoms with Crippen LogP contribution in [0.2, 0.25) is 0 Å². The SMILES string of the molecule is CN(C)Cc1cc([N+](=O)[O-])ccc1F.O=[N+]([O-])c1ccc(F)c(CBr)c1. The molecule has 0 aliphatic heterocycles. The van der Waals surface area contributed by atoms with Crippen LogP contribution in [0.5, 0.6) is 0 Å². The van der Waals surface area contributed by atoms with Crippen LogP contribution >= 0.6 is 15.9 Å². The summed E-state index contributed by atoms with van der Waals surface area (Å²) in [6.45, 7) is 0.355. The van der Waals surface area contributed by atoms with E-state index in [9.17, 15) is 29.0 Å². The smallest absolute Gasteiger partial charge is 0.269 e. The van der Waals surface area contributed by atoms with Gasteiger partial charge in [0.2, 0.25) is 0 Å². The zero-order chi connectivity index (χ0) is 19.9. The van der Waals surface area contributed by atoms with Gasteiger partial charge in [-0.05, 0) is 26.2 Å². The van der Waals surface area contributed by atoms with Gasteiger partial charge in [0.15, 0.2) is 0 Å². The fraction of sp³-hybridized carbons (Fsp3) is 0.250. The van der Waals surface area contributed by atoms with Crippen molar-refractivity contribution in [3.8, 4) is 0 Å². The van der Waals surface area contributed by atoms with Crippen LogP contribution in [0.3, 0.4) is 0 Å². The molecule has 0 radical (unpaired) electrons. The summed E-state index contributed by atoms with van der Waals surface area (Å²) in [5.41, 5.74) is 0.461. The third-order valence-electron chi connectivity index (χ3n) is 3.11. The lowest BCUT2D eigenvalue weighted by Gasteiger charge is -2.09. The van der Waals surface area contributed by atoms with E-state index in [1.165, 1.54) is 12.1 Å². The first-order chi connectivity index (χ1) is 12.1. The van der Waals surface area contributed by atoms with Gasteiger partial charge in [0.1, 0.15) is 11.6 Å². The molecule has 0 saturated heterocycles. The largest absolute Gasteiger partial charge is 0.305 e. The molecule has 0 N–H and O–H groups in total. The Morgan fingerprint density at radius 3 is 1.73 bits per heavy atom. The summed E-state index contributed by atoms with van der Waals surface area (Å²) in [5, 5.41) is 20.9. The molecule has 2 rings (SSSR count). The van der Waals surface area contributed by atoms with Gasteiger partial charge in [0.25, 0.3) is 11.4 Å². The molecule has 0 amide bonds. The highest BCUT2D eigenvalue weighted by molar-refractivity contribution is 9.08. The van der Waals surface area contributed by atoms with E-state index in [1.54, 1.807) is 19.0 Å². The Balaban J connectivity index is 0.000000263. The van der Waals surface area contributed by atoms with Gasteiger partial charge < -0.3 is 4.90 Å². The summed E-state index contributed by atoms with van der Waals surface area (Å²) in [5.74, 6) is -0.846. The van der Waals surface area contributed by atoms with Gasteiger partial charge in [-0.15, -0.1) is 0 Å². The quantitative estimate of drug-likeness (QED) is 0.396. The van der Waals surface area contributed by atoms with E-state index in [1.807, 2.05) is 0 Å². The maximum Gasteiger partial charge on any atom is 0.269 e. The van der Waals surface area contributed by atoms with Crippen LogP contribution in [0.25, 0.3) is 0 Å². The molecule has 10 heteroatoms. The lowest BCUT2D eigenvalue weighted by Crippen LogP contribution is -2.12. The molecule has 0 aromatic heterocycles. The molecular formula is C16H16BrF2N3O4. The molecule has 0 fully saturated rings. The summed E-state index contributed by atoms with van der Waals surface area (Å²) in [4.78, 5) is 21.3. The zero-order valence-corrected chi connectivity index (χ0v) is 15.6. The molecule has 26 heavy (non-hydrogen) atoms. The van der Waals surface area contributed by atoms with Crippen molar-refractivity contribution in [2.75, 3.05) is 14.1 Å². The number of hydrogen-bond acceptors (Lipinski definition) is 5. The molecule has 2 aromatic rings. The van der Waals surface area contributed by atoms with Crippen molar-refractivity contribution >= 4 is 27.3 Å². The molecule has 0 unspecified atom stereocenters. The minimum atomic E-state index is -0.550. The average molecular weight is 432 g/mol. The number of benzene rings is 2. The van der Waals surface area contributed by atoms with Crippen LogP contribution in [0.4, 0.5) is 20.2 Å². The first kappa shape index (κ1) is 21.6. The Morgan fingerprint density at radius 2 is 1.35 bits per heavy atom. The van der Waals surface area contributed by atoms with Gasteiger partial charge in [-0.1, -0.05) is 15.9 Å². The van der Waals surface area contributed by atoms with Crippen molar-refractivity contribution < 1.29 is 18.6 Å². The third kappa shape index (κ3) is 6.45. The third-order valence-corrected chi connectivity index (χ3v) is 3.71. The molecule has 0 bridgehead atoms. The topological polar surface area (TPSA) is 89.5 Å². The van der Waals surface area contributed by atoms with E-state index in [0.29, 0.717) is 17.7 Å². The maximum atomic E-state index is 13.1. The fourth-order valence-electron chi connectivity index (χ4n) is 1.91. The Labute approximate surface area is 156 Å². The fourth-order valence-corrected chi connectivity index (χ4v) is 2.34. The lowest BCUT2D eigenvalue weighted by molar-refractivity contribution is -0.385. The highest BCUT2D eigenvalue weighted by atomic mass is 79.9. The summed E-state index contributed by atoms with van der Waals surface area (Å²) >= 11 is 3.03. The van der Waals surface area contributed by atoms with Crippen molar-refractivity contribution in [1.29, 1.82) is 0 Å². The molecule has 2 aromatic carbocycles. The van der Waals surface area contributed by atoms with Crippen molar-refractivity contribution in [3.05, 3.63) is 79.4 Å². The van der Waals surface area contributed by atoms with Gasteiger partial charge in [-0.3, -0.25) is 20.2 Å². The molecule has 0 heterocycles. The number of nitro benzene ring substituents is 2. The monoisotopic (exact) mass is 431 g/mol. The van der Waals surface area contributed by atoms with E-state index < -0.39 is 21.5 Å². The Bertz CT molecular complexity index is 803. The van der Waals surface area contributed by atoms with Gasteiger partial charge in [-0.25, -0.2) is 8.78 Å². The molecule has 0 aliphatic carbocycles. The number of rotatable bonds is 5. The van der Waals surface area contributed by atoms with Gasteiger partial charge in [-0.2, -0.15) is 0 Å². The van der Waals surface area contributed by atoms with E-state index in [0.717, 1.165) is 24.3 Å². The van der Waals surface area contributed by atoms with E-state index in [4.69, 9.17) is 0 Å². The number of halogens is 3. The minimum Gasteiger partial charge on any atom is -0.305 e. The van der Waals surface area contributed by atoms with Crippen LogP contribution in [0.1, 0.15) is 11.1 Å². The summed E-state index contributed by atoms with van der Waals surface area (Å²) in [6, 6.07) is 6.99. The maximum absolute atomic E-state index is 13.1. The molecule has 0 saturated carbocycles. The Morgan fingerprint density at radius 1 is 0.923 bits per heavy atom. The highest BCUT2D eigenvalue weighted by Gasteiger charge is 2.11. The van der Waals surface area contributed by atoms with Crippen molar-refractivity contribution in [1.82, 2.24) is 4.90 Å². The van der Waals surface area contributed by atoms with Crippen molar-refractivity contribution in [2.24, 2.45) is 0 Å². The number of nitrogens with zero attached hydrogens (tertiary/aromatic N) is 3. The normalized spacial score (nSPS) is 10.2. The average Bonchev–Trinajstić information content (AvgIpc) is 2.57. The van der Waals surface area contributed by atoms with Crippen molar-refractivity contribution in [2.45, 2.75) is 11.9 Å². The van der Waals surface area contributed by atoms with Crippen LogP contribution in [0, 0.1) is 31.9 Å². The summed E-state index contributed by atoms with van der Waals surface area (Å²) in [7, 11) is 3.55. The molecular weight excluding hydrogens is 416 g/mol. The second-order valence-corrected chi connectivity index (χ2v) is 6.00. The summed E-state index contributed by atoms with van der Waals surface area (Å²) in [6.07, 6.45) is 0. The predicted molar refractivity (Wildman–Crippen MR) is 96.1 cm³/mol. The van der Waals surface area contributed by atoms with Crippen molar-refractivity contribution in [3.63, 3.8) is 0 Å². The molecule has 7 nitrogen and oxygen atoms in total. The Hall–Kier alpha value is -2.46. The number of hydrogen-bond donors (Lipinski definition) is 0.